The normalized spacial score (nSPS) is 12.2. The van der Waals surface area contributed by atoms with Gasteiger partial charge in [0.15, 0.2) is 0 Å². The fraction of sp³-hybridized carbons (Fsp3) is 0.286. The SMILES string of the molecule is Cc1cc(C)n(C(C)C(=O)Nc2ccc(N)cc2)n1. The van der Waals surface area contributed by atoms with Crippen LogP contribution in [0.15, 0.2) is 30.3 Å². The van der Waals surface area contributed by atoms with Crippen molar-refractivity contribution in [2.75, 3.05) is 11.1 Å². The lowest BCUT2D eigenvalue weighted by atomic mass is 10.2. The Hall–Kier alpha value is -2.30. The van der Waals surface area contributed by atoms with Crippen LogP contribution in [-0.4, -0.2) is 15.7 Å². The first-order valence-corrected chi connectivity index (χ1v) is 6.16. The molecule has 100 valence electrons. The van der Waals surface area contributed by atoms with E-state index in [4.69, 9.17) is 5.73 Å². The van der Waals surface area contributed by atoms with Gasteiger partial charge in [-0.3, -0.25) is 9.48 Å². The molecule has 0 spiro atoms. The van der Waals surface area contributed by atoms with Crippen molar-refractivity contribution in [3.63, 3.8) is 0 Å². The van der Waals surface area contributed by atoms with Crippen LogP contribution in [0.25, 0.3) is 0 Å². The van der Waals surface area contributed by atoms with Crippen molar-refractivity contribution in [3.8, 4) is 0 Å². The summed E-state index contributed by atoms with van der Waals surface area (Å²) < 4.78 is 1.72. The second-order valence-electron chi connectivity index (χ2n) is 4.66. The predicted molar refractivity (Wildman–Crippen MR) is 75.9 cm³/mol. The summed E-state index contributed by atoms with van der Waals surface area (Å²) in [6.07, 6.45) is 0. The third kappa shape index (κ3) is 2.93. The van der Waals surface area contributed by atoms with Crippen molar-refractivity contribution in [2.24, 2.45) is 0 Å². The van der Waals surface area contributed by atoms with E-state index in [0.717, 1.165) is 17.1 Å². The van der Waals surface area contributed by atoms with Crippen LogP contribution in [0.2, 0.25) is 0 Å². The van der Waals surface area contributed by atoms with Crippen molar-refractivity contribution >= 4 is 17.3 Å². The minimum atomic E-state index is -0.355. The van der Waals surface area contributed by atoms with Crippen LogP contribution in [-0.2, 0) is 4.79 Å². The highest BCUT2D eigenvalue weighted by molar-refractivity contribution is 5.93. The summed E-state index contributed by atoms with van der Waals surface area (Å²) in [6, 6.07) is 8.66. The first-order valence-electron chi connectivity index (χ1n) is 6.16. The number of nitrogen functional groups attached to an aromatic ring is 1. The van der Waals surface area contributed by atoms with Gasteiger partial charge in [-0.15, -0.1) is 0 Å². The van der Waals surface area contributed by atoms with Crippen molar-refractivity contribution in [1.29, 1.82) is 0 Å². The van der Waals surface area contributed by atoms with Gasteiger partial charge >= 0.3 is 0 Å². The van der Waals surface area contributed by atoms with Crippen LogP contribution in [0.5, 0.6) is 0 Å². The molecule has 3 N–H and O–H groups in total. The Labute approximate surface area is 112 Å². The van der Waals surface area contributed by atoms with Crippen LogP contribution in [0, 0.1) is 13.8 Å². The van der Waals surface area contributed by atoms with E-state index in [0.29, 0.717) is 5.69 Å². The molecule has 0 saturated heterocycles. The van der Waals surface area contributed by atoms with E-state index >= 15 is 0 Å². The lowest BCUT2D eigenvalue weighted by Gasteiger charge is -2.14. The third-order valence-electron chi connectivity index (χ3n) is 2.97. The van der Waals surface area contributed by atoms with Gasteiger partial charge in [0.05, 0.1) is 5.69 Å². The molecule has 5 heteroatoms. The van der Waals surface area contributed by atoms with Gasteiger partial charge in [0.1, 0.15) is 6.04 Å². The molecule has 19 heavy (non-hydrogen) atoms. The van der Waals surface area contributed by atoms with Crippen LogP contribution >= 0.6 is 0 Å². The molecule has 0 radical (unpaired) electrons. The summed E-state index contributed by atoms with van der Waals surface area (Å²) >= 11 is 0. The number of aryl methyl sites for hydroxylation is 2. The highest BCUT2D eigenvalue weighted by atomic mass is 16.2. The molecule has 0 saturated carbocycles. The van der Waals surface area contributed by atoms with E-state index in [1.165, 1.54) is 0 Å². The standard InChI is InChI=1S/C14H18N4O/c1-9-8-10(2)18(17-9)11(3)14(19)16-13-6-4-12(15)5-7-13/h4-8,11H,15H2,1-3H3,(H,16,19). The summed E-state index contributed by atoms with van der Waals surface area (Å²) in [4.78, 5) is 12.2. The van der Waals surface area contributed by atoms with Crippen molar-refractivity contribution in [3.05, 3.63) is 41.7 Å². The Bertz CT molecular complexity index is 586. The minimum absolute atomic E-state index is 0.101. The van der Waals surface area contributed by atoms with Gasteiger partial charge in [0.2, 0.25) is 5.91 Å². The van der Waals surface area contributed by atoms with Gasteiger partial charge in [-0.2, -0.15) is 5.10 Å². The van der Waals surface area contributed by atoms with Crippen LogP contribution in [0.1, 0.15) is 24.4 Å². The summed E-state index contributed by atoms with van der Waals surface area (Å²) in [5, 5.41) is 7.17. The van der Waals surface area contributed by atoms with Gasteiger partial charge in [-0.05, 0) is 51.1 Å². The average Bonchev–Trinajstić information content (AvgIpc) is 2.70. The second-order valence-corrected chi connectivity index (χ2v) is 4.66. The number of benzene rings is 1. The Morgan fingerprint density at radius 1 is 1.32 bits per heavy atom. The molecule has 2 aromatic rings. The number of hydrogen-bond acceptors (Lipinski definition) is 3. The summed E-state index contributed by atoms with van der Waals surface area (Å²) in [5.74, 6) is -0.101. The quantitative estimate of drug-likeness (QED) is 0.829. The van der Waals surface area contributed by atoms with Crippen molar-refractivity contribution in [2.45, 2.75) is 26.8 Å². The molecule has 1 amide bonds. The molecule has 0 aliphatic carbocycles. The minimum Gasteiger partial charge on any atom is -0.399 e. The molecule has 0 aliphatic heterocycles. The summed E-state index contributed by atoms with van der Waals surface area (Å²) in [5.41, 5.74) is 8.88. The number of hydrogen-bond donors (Lipinski definition) is 2. The lowest BCUT2D eigenvalue weighted by molar-refractivity contribution is -0.119. The smallest absolute Gasteiger partial charge is 0.248 e. The lowest BCUT2D eigenvalue weighted by Crippen LogP contribution is -2.25. The van der Waals surface area contributed by atoms with Crippen LogP contribution in [0.3, 0.4) is 0 Å². The molecule has 1 atom stereocenters. The summed E-state index contributed by atoms with van der Waals surface area (Å²) in [7, 11) is 0. The molecule has 0 aliphatic rings. The van der Waals surface area contributed by atoms with Gasteiger partial charge in [-0.1, -0.05) is 0 Å². The van der Waals surface area contributed by atoms with Gasteiger partial charge in [-0.25, -0.2) is 0 Å². The topological polar surface area (TPSA) is 72.9 Å². The van der Waals surface area contributed by atoms with Crippen molar-refractivity contribution in [1.82, 2.24) is 9.78 Å². The number of nitrogens with two attached hydrogens (primary N) is 1. The van der Waals surface area contributed by atoms with E-state index < -0.39 is 0 Å². The monoisotopic (exact) mass is 258 g/mol. The molecule has 1 unspecified atom stereocenters. The number of nitrogens with zero attached hydrogens (tertiary/aromatic N) is 2. The van der Waals surface area contributed by atoms with E-state index in [1.54, 1.807) is 28.9 Å². The maximum absolute atomic E-state index is 12.2. The Morgan fingerprint density at radius 2 is 1.95 bits per heavy atom. The highest BCUT2D eigenvalue weighted by Gasteiger charge is 2.17. The molecular weight excluding hydrogens is 240 g/mol. The number of rotatable bonds is 3. The third-order valence-corrected chi connectivity index (χ3v) is 2.97. The molecule has 1 aromatic carbocycles. The zero-order valence-electron chi connectivity index (χ0n) is 11.3. The Balaban J connectivity index is 2.11. The first kappa shape index (κ1) is 13.1. The molecule has 1 heterocycles. The number of anilines is 2. The largest absolute Gasteiger partial charge is 0.399 e. The fourth-order valence-electron chi connectivity index (χ4n) is 1.96. The zero-order valence-corrected chi connectivity index (χ0v) is 11.3. The first-order chi connectivity index (χ1) is 8.97. The molecule has 1 aromatic heterocycles. The van der Waals surface area contributed by atoms with E-state index in [9.17, 15) is 4.79 Å². The number of carbonyl (C=O) groups excluding carboxylic acids is 1. The Morgan fingerprint density at radius 3 is 2.47 bits per heavy atom. The van der Waals surface area contributed by atoms with Gasteiger partial charge in [0.25, 0.3) is 0 Å². The molecule has 0 fully saturated rings. The van der Waals surface area contributed by atoms with Crippen molar-refractivity contribution < 1.29 is 4.79 Å². The predicted octanol–water partition coefficient (Wildman–Crippen LogP) is 2.28. The highest BCUT2D eigenvalue weighted by Crippen LogP contribution is 2.15. The van der Waals surface area contributed by atoms with E-state index in [-0.39, 0.29) is 11.9 Å². The van der Waals surface area contributed by atoms with Crippen LogP contribution < -0.4 is 11.1 Å². The van der Waals surface area contributed by atoms with Gasteiger partial charge in [0, 0.05) is 17.1 Å². The number of aromatic nitrogens is 2. The average molecular weight is 258 g/mol. The zero-order chi connectivity index (χ0) is 14.0. The maximum Gasteiger partial charge on any atom is 0.248 e. The second kappa shape index (κ2) is 5.14. The van der Waals surface area contributed by atoms with E-state index in [1.807, 2.05) is 26.8 Å². The summed E-state index contributed by atoms with van der Waals surface area (Å²) in [6.45, 7) is 5.67. The fourth-order valence-corrected chi connectivity index (χ4v) is 1.96. The van der Waals surface area contributed by atoms with Crippen LogP contribution in [0.4, 0.5) is 11.4 Å². The molecule has 5 nitrogen and oxygen atoms in total. The molecular formula is C14H18N4O. The molecule has 0 bridgehead atoms. The number of carbonyl (C=O) groups is 1. The molecule has 2 rings (SSSR count). The van der Waals surface area contributed by atoms with E-state index in [2.05, 4.69) is 10.4 Å². The number of nitrogens with one attached hydrogen (secondary N) is 1. The number of amides is 1. The Kier molecular flexibility index (Phi) is 3.55. The maximum atomic E-state index is 12.2. The van der Waals surface area contributed by atoms with Gasteiger partial charge < -0.3 is 11.1 Å².